The van der Waals surface area contributed by atoms with Crippen molar-refractivity contribution in [1.82, 2.24) is 10.2 Å². The van der Waals surface area contributed by atoms with Crippen LogP contribution in [0.1, 0.15) is 32.6 Å². The van der Waals surface area contributed by atoms with Crippen LogP contribution in [0, 0.1) is 68.4 Å². The Balaban J connectivity index is 0.000000403. The van der Waals surface area contributed by atoms with Crippen LogP contribution in [0.5, 0.6) is 0 Å². The van der Waals surface area contributed by atoms with Gasteiger partial charge in [0, 0.05) is 25.6 Å². The molecule has 3 rings (SSSR count). The summed E-state index contributed by atoms with van der Waals surface area (Å²) >= 11 is 0. The Morgan fingerprint density at radius 2 is 1.97 bits per heavy atom. The number of carbonyl (C=O) groups excluding carboxylic acids is 1. The van der Waals surface area contributed by atoms with Gasteiger partial charge in [-0.25, -0.2) is 0 Å². The number of hydrogen-bond donors (Lipinski definition) is 1. The van der Waals surface area contributed by atoms with Crippen LogP contribution in [0.4, 0.5) is 13.2 Å². The smallest absolute Gasteiger partial charge is 0.403 e. The fourth-order valence-corrected chi connectivity index (χ4v) is 3.00. The largest absolute Gasteiger partial charge is 3.00 e. The minimum Gasteiger partial charge on any atom is -0.403 e. The summed E-state index contributed by atoms with van der Waals surface area (Å²) in [5.74, 6) is 1.65. The Labute approximate surface area is 195 Å². The predicted molar refractivity (Wildman–Crippen MR) is 103 cm³/mol. The molecule has 1 saturated carbocycles. The molecular formula is C21H27F3N3OU. The van der Waals surface area contributed by atoms with E-state index in [0.717, 1.165) is 38.4 Å². The standard InChI is InChI=1S/C16H24N3O.C5H3F3.U/c1-12-8-15(11-17-9-12)19-6-4-14(5-7-19)16(20)18-10-13-2-3-13;1-3-4(2)5(6,7)8;/h8-9,11-14H,2-7,10H2,1H3,(H,18,20);1-3H;/q-1;-2;+3. The third-order valence-corrected chi connectivity index (χ3v) is 4.96. The number of likely N-dealkylation sites (tertiary alicyclic amines) is 1. The minimum absolute atomic E-state index is 0. The minimum atomic E-state index is -4.48. The van der Waals surface area contributed by atoms with Gasteiger partial charge < -0.3 is 34.4 Å². The summed E-state index contributed by atoms with van der Waals surface area (Å²) in [5, 5.41) is 3.11. The Morgan fingerprint density at radius 3 is 2.41 bits per heavy atom. The number of amides is 1. The second kappa shape index (κ2) is 11.9. The molecule has 3 aliphatic rings. The molecule has 4 nitrogen and oxygen atoms in total. The van der Waals surface area contributed by atoms with Crippen molar-refractivity contribution in [2.24, 2.45) is 22.7 Å². The molecule has 0 bridgehead atoms. The fraction of sp³-hybridized carbons (Fsp3) is 0.571. The van der Waals surface area contributed by atoms with Crippen molar-refractivity contribution in [1.29, 1.82) is 0 Å². The van der Waals surface area contributed by atoms with Gasteiger partial charge in [-0.3, -0.25) is 10.4 Å². The molecule has 0 aromatic heterocycles. The van der Waals surface area contributed by atoms with Crippen LogP contribution < -0.4 is 5.32 Å². The van der Waals surface area contributed by atoms with Crippen molar-refractivity contribution in [2.75, 3.05) is 19.6 Å². The molecule has 1 atom stereocenters. The third kappa shape index (κ3) is 9.04. The number of aliphatic imine (C=N–C) groups is 1. The summed E-state index contributed by atoms with van der Waals surface area (Å²) in [6.45, 7) is 13.8. The van der Waals surface area contributed by atoms with Crippen molar-refractivity contribution in [3.8, 4) is 0 Å². The molecule has 1 saturated heterocycles. The summed E-state index contributed by atoms with van der Waals surface area (Å²) < 4.78 is 33.5. The average molecular weight is 632 g/mol. The number of rotatable bonds is 5. The van der Waals surface area contributed by atoms with Gasteiger partial charge in [0.25, 0.3) is 0 Å². The van der Waals surface area contributed by atoms with E-state index in [4.69, 9.17) is 0 Å². The van der Waals surface area contributed by atoms with Crippen molar-refractivity contribution in [3.05, 3.63) is 43.1 Å². The molecule has 157 valence electrons. The van der Waals surface area contributed by atoms with Gasteiger partial charge in [0.15, 0.2) is 0 Å². The van der Waals surface area contributed by atoms with Crippen LogP contribution in [0.2, 0.25) is 0 Å². The molecule has 2 aliphatic heterocycles. The molecular weight excluding hydrogens is 605 g/mol. The van der Waals surface area contributed by atoms with E-state index < -0.39 is 11.7 Å². The number of piperidine rings is 1. The van der Waals surface area contributed by atoms with Gasteiger partial charge in [-0.1, -0.05) is 12.8 Å². The first kappa shape index (κ1) is 25.9. The molecule has 2 heterocycles. The first-order valence-electron chi connectivity index (χ1n) is 9.56. The van der Waals surface area contributed by atoms with E-state index in [1.54, 1.807) is 0 Å². The SMILES string of the molecule is CC1C=NC=C(N2CCC(C(=O)NCC3CC3)CC2)[CH-]1.[CH-]=CC(=[CH-])C(F)(F)F.[U+3]. The monoisotopic (exact) mass is 632 g/mol. The van der Waals surface area contributed by atoms with Crippen LogP contribution in [0.3, 0.4) is 0 Å². The van der Waals surface area contributed by atoms with Crippen LogP contribution >= 0.6 is 0 Å². The molecule has 1 amide bonds. The van der Waals surface area contributed by atoms with Gasteiger partial charge >= 0.3 is 37.3 Å². The van der Waals surface area contributed by atoms with Gasteiger partial charge in [-0.2, -0.15) is 19.6 Å². The Kier molecular flexibility index (Phi) is 10.6. The van der Waals surface area contributed by atoms with E-state index in [1.165, 1.54) is 18.5 Å². The van der Waals surface area contributed by atoms with Crippen LogP contribution in [-0.4, -0.2) is 42.8 Å². The molecule has 1 radical (unpaired) electrons. The molecule has 1 aliphatic carbocycles. The second-order valence-corrected chi connectivity index (χ2v) is 7.45. The zero-order valence-electron chi connectivity index (χ0n) is 16.6. The third-order valence-electron chi connectivity index (χ3n) is 4.96. The molecule has 0 spiro atoms. The summed E-state index contributed by atoms with van der Waals surface area (Å²) in [6.07, 6.45) is 6.49. The van der Waals surface area contributed by atoms with E-state index >= 15 is 0 Å². The summed E-state index contributed by atoms with van der Waals surface area (Å²) in [5.41, 5.74) is -0.0469. The van der Waals surface area contributed by atoms with E-state index in [9.17, 15) is 18.0 Å². The molecule has 0 aromatic rings. The molecule has 0 aromatic carbocycles. The summed E-state index contributed by atoms with van der Waals surface area (Å²) in [4.78, 5) is 18.7. The number of nitrogens with one attached hydrogen (secondary N) is 1. The Morgan fingerprint density at radius 1 is 1.34 bits per heavy atom. The first-order valence-corrected chi connectivity index (χ1v) is 9.56. The Bertz CT molecular complexity index is 634. The van der Waals surface area contributed by atoms with Gasteiger partial charge in [-0.15, -0.1) is 11.9 Å². The number of halogens is 3. The van der Waals surface area contributed by atoms with Gasteiger partial charge in [0.2, 0.25) is 5.91 Å². The quantitative estimate of drug-likeness (QED) is 0.370. The number of hydrogen-bond acceptors (Lipinski definition) is 3. The van der Waals surface area contributed by atoms with Crippen molar-refractivity contribution in [3.63, 3.8) is 0 Å². The molecule has 1 N–H and O–H groups in total. The zero-order chi connectivity index (χ0) is 20.7. The predicted octanol–water partition coefficient (Wildman–Crippen LogP) is 3.89. The van der Waals surface area contributed by atoms with Crippen LogP contribution in [-0.2, 0) is 4.79 Å². The summed E-state index contributed by atoms with van der Waals surface area (Å²) in [7, 11) is 0. The average Bonchev–Trinajstić information content (AvgIpc) is 3.50. The van der Waals surface area contributed by atoms with Gasteiger partial charge in [-0.05, 0) is 37.8 Å². The van der Waals surface area contributed by atoms with Crippen molar-refractivity contribution in [2.45, 2.75) is 38.8 Å². The van der Waals surface area contributed by atoms with E-state index in [0.29, 0.717) is 12.0 Å². The second-order valence-electron chi connectivity index (χ2n) is 7.45. The molecule has 29 heavy (non-hydrogen) atoms. The maximum Gasteiger partial charge on any atom is 3.00 e. The topological polar surface area (TPSA) is 44.7 Å². The normalized spacial score (nSPS) is 21.6. The number of nitrogens with zero attached hydrogens (tertiary/aromatic N) is 2. The maximum atomic E-state index is 12.1. The van der Waals surface area contributed by atoms with Crippen molar-refractivity contribution >= 4 is 12.1 Å². The van der Waals surface area contributed by atoms with E-state index in [1.807, 2.05) is 12.4 Å². The number of allylic oxidation sites excluding steroid dienone is 3. The van der Waals surface area contributed by atoms with Crippen LogP contribution in [0.25, 0.3) is 0 Å². The Hall–Kier alpha value is -1.13. The van der Waals surface area contributed by atoms with Gasteiger partial charge in [0.1, 0.15) is 0 Å². The fourth-order valence-electron chi connectivity index (χ4n) is 3.00. The summed E-state index contributed by atoms with van der Waals surface area (Å²) in [6, 6.07) is 0. The molecule has 1 unspecified atom stereocenters. The van der Waals surface area contributed by atoms with E-state index in [2.05, 4.69) is 41.7 Å². The van der Waals surface area contributed by atoms with E-state index in [-0.39, 0.29) is 42.9 Å². The maximum absolute atomic E-state index is 12.1. The first-order chi connectivity index (χ1) is 13.2. The molecule has 8 heteroatoms. The number of alkyl halides is 3. The van der Waals surface area contributed by atoms with Crippen molar-refractivity contribution < 1.29 is 49.1 Å². The van der Waals surface area contributed by atoms with Crippen LogP contribution in [0.15, 0.2) is 28.5 Å². The van der Waals surface area contributed by atoms with Gasteiger partial charge in [0.05, 0.1) is 0 Å². The number of carbonyl (C=O) groups is 1. The molecule has 2 fully saturated rings. The zero-order valence-corrected chi connectivity index (χ0v) is 20.7.